The molecule has 0 rings (SSSR count). The van der Waals surface area contributed by atoms with Gasteiger partial charge in [0.05, 0.1) is 0 Å². The molecule has 81 heavy (non-hydrogen) atoms. The topological polar surface area (TPSA) is 78.9 Å². The zero-order chi connectivity index (χ0) is 58.5. The monoisotopic (exact) mass is 1120 g/mol. The van der Waals surface area contributed by atoms with Gasteiger partial charge < -0.3 is 14.2 Å². The van der Waals surface area contributed by atoms with Crippen molar-refractivity contribution >= 4 is 17.9 Å². The maximum Gasteiger partial charge on any atom is 0.306 e. The van der Waals surface area contributed by atoms with Gasteiger partial charge in [0.2, 0.25) is 0 Å². The molecule has 0 amide bonds. The molecule has 0 aromatic carbocycles. The molecule has 0 fully saturated rings. The van der Waals surface area contributed by atoms with Crippen LogP contribution in [-0.2, 0) is 28.6 Å². The fourth-order valence-electron chi connectivity index (χ4n) is 9.41. The van der Waals surface area contributed by atoms with Gasteiger partial charge in [-0.3, -0.25) is 14.4 Å². The first-order chi connectivity index (χ1) is 40.0. The summed E-state index contributed by atoms with van der Waals surface area (Å²) >= 11 is 0. The fraction of sp³-hybridized carbons (Fsp3) is 0.693. The predicted molar refractivity (Wildman–Crippen MR) is 353 cm³/mol. The molecular weight excluding hydrogens is 997 g/mol. The molecule has 0 spiro atoms. The summed E-state index contributed by atoms with van der Waals surface area (Å²) in [5, 5.41) is 0. The van der Waals surface area contributed by atoms with Crippen molar-refractivity contribution < 1.29 is 28.6 Å². The van der Waals surface area contributed by atoms with E-state index >= 15 is 0 Å². The first-order valence-corrected chi connectivity index (χ1v) is 34.0. The van der Waals surface area contributed by atoms with Crippen molar-refractivity contribution in [3.8, 4) is 0 Å². The van der Waals surface area contributed by atoms with E-state index in [0.717, 1.165) is 122 Å². The molecule has 0 aliphatic heterocycles. The van der Waals surface area contributed by atoms with Gasteiger partial charge in [-0.25, -0.2) is 0 Å². The molecule has 0 bridgehead atoms. The molecule has 0 N–H and O–H groups in total. The Balaban J connectivity index is 4.21. The van der Waals surface area contributed by atoms with Crippen molar-refractivity contribution in [3.05, 3.63) is 122 Å². The van der Waals surface area contributed by atoms with Gasteiger partial charge in [0.25, 0.3) is 0 Å². The van der Waals surface area contributed by atoms with Crippen LogP contribution in [-0.4, -0.2) is 37.2 Å². The second-order valence-electron chi connectivity index (χ2n) is 22.4. The van der Waals surface area contributed by atoms with Gasteiger partial charge in [-0.1, -0.05) is 322 Å². The molecule has 0 saturated heterocycles. The molecule has 0 heterocycles. The van der Waals surface area contributed by atoms with Crippen molar-refractivity contribution in [1.29, 1.82) is 0 Å². The van der Waals surface area contributed by atoms with Crippen LogP contribution in [0.4, 0.5) is 0 Å². The van der Waals surface area contributed by atoms with Crippen LogP contribution in [0.1, 0.15) is 316 Å². The largest absolute Gasteiger partial charge is 0.462 e. The van der Waals surface area contributed by atoms with Gasteiger partial charge in [-0.2, -0.15) is 0 Å². The van der Waals surface area contributed by atoms with Crippen LogP contribution in [0.2, 0.25) is 0 Å². The second kappa shape index (κ2) is 68.3. The molecule has 1 atom stereocenters. The van der Waals surface area contributed by atoms with Crippen LogP contribution in [0.15, 0.2) is 122 Å². The Morgan fingerprint density at radius 3 is 0.753 bits per heavy atom. The van der Waals surface area contributed by atoms with E-state index in [1.165, 1.54) is 154 Å². The average molecular weight is 1120 g/mol. The van der Waals surface area contributed by atoms with Gasteiger partial charge in [-0.15, -0.1) is 0 Å². The Morgan fingerprint density at radius 2 is 0.481 bits per heavy atom. The first-order valence-electron chi connectivity index (χ1n) is 34.0. The van der Waals surface area contributed by atoms with E-state index in [2.05, 4.69) is 142 Å². The van der Waals surface area contributed by atoms with Crippen LogP contribution < -0.4 is 0 Å². The van der Waals surface area contributed by atoms with Gasteiger partial charge in [-0.05, 0) is 96.3 Å². The minimum Gasteiger partial charge on any atom is -0.462 e. The minimum atomic E-state index is -0.795. The predicted octanol–water partition coefficient (Wildman–Crippen LogP) is 23.6. The number of unbranched alkanes of at least 4 members (excludes halogenated alkanes) is 30. The summed E-state index contributed by atoms with van der Waals surface area (Å²) in [7, 11) is 0. The van der Waals surface area contributed by atoms with E-state index in [1.807, 2.05) is 0 Å². The van der Waals surface area contributed by atoms with Crippen LogP contribution in [0.3, 0.4) is 0 Å². The zero-order valence-electron chi connectivity index (χ0n) is 53.0. The smallest absolute Gasteiger partial charge is 0.306 e. The van der Waals surface area contributed by atoms with Crippen LogP contribution in [0.25, 0.3) is 0 Å². The Labute approximate surface area is 501 Å². The molecule has 0 saturated carbocycles. The molecule has 0 radical (unpaired) electrons. The van der Waals surface area contributed by atoms with Gasteiger partial charge in [0.15, 0.2) is 6.10 Å². The summed E-state index contributed by atoms with van der Waals surface area (Å²) in [6, 6.07) is 0. The van der Waals surface area contributed by atoms with E-state index in [9.17, 15) is 14.4 Å². The summed E-state index contributed by atoms with van der Waals surface area (Å²) in [5.41, 5.74) is 0. The molecule has 0 aromatic heterocycles. The Kier molecular flexibility index (Phi) is 64.8. The average Bonchev–Trinajstić information content (AvgIpc) is 3.47. The highest BCUT2D eigenvalue weighted by atomic mass is 16.6. The van der Waals surface area contributed by atoms with E-state index in [1.54, 1.807) is 0 Å². The Hall–Kier alpha value is -4.19. The molecule has 462 valence electrons. The summed E-state index contributed by atoms with van der Waals surface area (Å²) in [6.45, 7) is 6.48. The van der Waals surface area contributed by atoms with E-state index < -0.39 is 6.10 Å². The lowest BCUT2D eigenvalue weighted by atomic mass is 10.0. The highest BCUT2D eigenvalue weighted by Gasteiger charge is 2.19. The number of rotatable bonds is 61. The van der Waals surface area contributed by atoms with E-state index in [4.69, 9.17) is 14.2 Å². The van der Waals surface area contributed by atoms with Gasteiger partial charge in [0.1, 0.15) is 13.2 Å². The first kappa shape index (κ1) is 76.8. The van der Waals surface area contributed by atoms with Crippen LogP contribution >= 0.6 is 0 Å². The minimum absolute atomic E-state index is 0.0903. The maximum atomic E-state index is 12.9. The molecule has 6 nitrogen and oxygen atoms in total. The number of esters is 3. The summed E-state index contributed by atoms with van der Waals surface area (Å²) in [5.74, 6) is -0.934. The quantitative estimate of drug-likeness (QED) is 0.0261. The van der Waals surface area contributed by atoms with E-state index in [-0.39, 0.29) is 31.1 Å². The number of carbonyl (C=O) groups is 3. The lowest BCUT2D eigenvalue weighted by Gasteiger charge is -2.18. The third-order valence-electron chi connectivity index (χ3n) is 14.5. The Bertz CT molecular complexity index is 1670. The number of hydrogen-bond donors (Lipinski definition) is 0. The second-order valence-corrected chi connectivity index (χ2v) is 22.4. The number of allylic oxidation sites excluding steroid dienone is 20. The lowest BCUT2D eigenvalue weighted by molar-refractivity contribution is -0.167. The molecular formula is C75H126O6. The SMILES string of the molecule is CC/C=C\C/C=C\C/C=C\C/C=C\C/C=C\C/C=C\C/C=C\C/C=C\C/C=C\C/C=C\CCCCC(=O)OCC(COC(=O)CCCCCCCCC)OC(=O)CCCCCCCCCCCCCCCCCCCCCCCCC. The van der Waals surface area contributed by atoms with Crippen LogP contribution in [0, 0.1) is 0 Å². The number of hydrogen-bond acceptors (Lipinski definition) is 6. The highest BCUT2D eigenvalue weighted by molar-refractivity contribution is 5.71. The summed E-state index contributed by atoms with van der Waals surface area (Å²) < 4.78 is 16.8. The van der Waals surface area contributed by atoms with Crippen molar-refractivity contribution in [1.82, 2.24) is 0 Å². The molecule has 0 aliphatic carbocycles. The summed E-state index contributed by atoms with van der Waals surface area (Å²) in [6.07, 6.45) is 95.4. The zero-order valence-corrected chi connectivity index (χ0v) is 53.0. The van der Waals surface area contributed by atoms with Gasteiger partial charge >= 0.3 is 17.9 Å². The van der Waals surface area contributed by atoms with Crippen molar-refractivity contribution in [3.63, 3.8) is 0 Å². The third kappa shape index (κ3) is 66.5. The van der Waals surface area contributed by atoms with Crippen molar-refractivity contribution in [2.24, 2.45) is 0 Å². The van der Waals surface area contributed by atoms with E-state index in [0.29, 0.717) is 19.3 Å². The van der Waals surface area contributed by atoms with Crippen molar-refractivity contribution in [2.75, 3.05) is 13.2 Å². The fourth-order valence-corrected chi connectivity index (χ4v) is 9.41. The summed E-state index contributed by atoms with van der Waals surface area (Å²) in [4.78, 5) is 38.1. The number of carbonyl (C=O) groups excluding carboxylic acids is 3. The van der Waals surface area contributed by atoms with Gasteiger partial charge in [0, 0.05) is 19.3 Å². The molecule has 1 unspecified atom stereocenters. The van der Waals surface area contributed by atoms with Crippen molar-refractivity contribution in [2.45, 2.75) is 322 Å². The number of ether oxygens (including phenoxy) is 3. The lowest BCUT2D eigenvalue weighted by Crippen LogP contribution is -2.30. The Morgan fingerprint density at radius 1 is 0.259 bits per heavy atom. The molecule has 6 heteroatoms. The maximum absolute atomic E-state index is 12.9. The molecule has 0 aliphatic rings. The standard InChI is InChI=1S/C75H126O6/c1-4-7-10-13-16-18-20-22-24-26-28-30-32-33-34-35-36-37-38-39-40-41-43-44-46-48-50-52-54-56-59-62-65-68-74(77)80-71-72(70-79-73(76)67-64-61-58-15-12-9-6-3)81-75(78)69-66-63-60-57-55-53-51-49-47-45-42-31-29-27-25-23-21-19-17-14-11-8-5-2/h7,10,16,18,22,24,28,30,33-34,36-37,39-40,43-44,48,50,54,56,72H,4-6,8-9,11-15,17,19-21,23,25-27,29,31-32,35,38,41-42,45-47,49,51-53,55,57-71H2,1-3H3/b10-7-,18-16-,24-22-,30-28-,34-33-,37-36-,40-39-,44-43-,50-48-,56-54-. The normalized spacial score (nSPS) is 12.9. The highest BCUT2D eigenvalue weighted by Crippen LogP contribution is 2.17. The third-order valence-corrected chi connectivity index (χ3v) is 14.5. The van der Waals surface area contributed by atoms with Crippen LogP contribution in [0.5, 0.6) is 0 Å². The molecule has 0 aromatic rings.